The highest BCUT2D eigenvalue weighted by atomic mass is 35.5. The Morgan fingerprint density at radius 3 is 2.24 bits per heavy atom. The Hall–Kier alpha value is -3.45. The van der Waals surface area contributed by atoms with Gasteiger partial charge in [-0.05, 0) is 55.5 Å². The normalized spacial score (nSPS) is 10.5. The van der Waals surface area contributed by atoms with E-state index in [1.807, 2.05) is 0 Å². The summed E-state index contributed by atoms with van der Waals surface area (Å²) in [6.07, 6.45) is 0. The summed E-state index contributed by atoms with van der Waals surface area (Å²) in [7, 11) is 0. The molecule has 7 nitrogen and oxygen atoms in total. The number of carbonyl (C=O) groups excluding carboxylic acids is 3. The molecule has 2 N–H and O–H groups in total. The number of aromatic nitrogens is 2. The third-order valence-corrected chi connectivity index (χ3v) is 4.40. The zero-order valence-corrected chi connectivity index (χ0v) is 16.9. The molecule has 0 aliphatic rings. The van der Waals surface area contributed by atoms with Crippen LogP contribution in [-0.4, -0.2) is 27.4 Å². The predicted molar refractivity (Wildman–Crippen MR) is 112 cm³/mol. The van der Waals surface area contributed by atoms with Crippen LogP contribution in [0, 0.1) is 6.92 Å². The van der Waals surface area contributed by atoms with Gasteiger partial charge in [0, 0.05) is 35.8 Å². The van der Waals surface area contributed by atoms with Crippen LogP contribution in [0.3, 0.4) is 0 Å². The van der Waals surface area contributed by atoms with Crippen molar-refractivity contribution in [2.45, 2.75) is 20.8 Å². The molecule has 3 rings (SSSR count). The zero-order valence-electron chi connectivity index (χ0n) is 16.1. The van der Waals surface area contributed by atoms with Crippen molar-refractivity contribution in [1.29, 1.82) is 0 Å². The number of nitrogens with one attached hydrogen (secondary N) is 2. The van der Waals surface area contributed by atoms with Gasteiger partial charge in [-0.15, -0.1) is 0 Å². The van der Waals surface area contributed by atoms with Crippen LogP contribution in [0.5, 0.6) is 0 Å². The topological polar surface area (TPSA) is 93.1 Å². The predicted octanol–water partition coefficient (Wildman–Crippen LogP) is 4.25. The van der Waals surface area contributed by atoms with Crippen LogP contribution in [0.4, 0.5) is 11.4 Å². The van der Waals surface area contributed by atoms with Gasteiger partial charge in [-0.1, -0.05) is 11.6 Å². The van der Waals surface area contributed by atoms with Gasteiger partial charge in [0.25, 0.3) is 5.91 Å². The maximum atomic E-state index is 12.6. The molecule has 0 bridgehead atoms. The van der Waals surface area contributed by atoms with Gasteiger partial charge in [-0.25, -0.2) is 4.68 Å². The number of halogens is 1. The van der Waals surface area contributed by atoms with E-state index >= 15 is 0 Å². The molecule has 0 atom stereocenters. The summed E-state index contributed by atoms with van der Waals surface area (Å²) in [6, 6.07) is 13.3. The number of benzene rings is 2. The minimum Gasteiger partial charge on any atom is -0.324 e. The van der Waals surface area contributed by atoms with Crippen LogP contribution >= 0.6 is 11.6 Å². The van der Waals surface area contributed by atoms with Gasteiger partial charge in [0.15, 0.2) is 5.78 Å². The molecular weight excluding hydrogens is 392 g/mol. The zero-order chi connectivity index (χ0) is 21.1. The fourth-order valence-corrected chi connectivity index (χ4v) is 2.90. The summed E-state index contributed by atoms with van der Waals surface area (Å²) in [5, 5.41) is 10.4. The Kier molecular flexibility index (Phi) is 5.79. The molecule has 3 aromatic rings. The van der Waals surface area contributed by atoms with E-state index in [9.17, 15) is 14.4 Å². The summed E-state index contributed by atoms with van der Waals surface area (Å²) in [4.78, 5) is 35.9. The molecule has 148 valence electrons. The molecule has 8 heteroatoms. The van der Waals surface area contributed by atoms with Crippen molar-refractivity contribution >= 4 is 40.6 Å². The van der Waals surface area contributed by atoms with E-state index in [4.69, 9.17) is 11.6 Å². The number of hydrogen-bond acceptors (Lipinski definition) is 4. The first-order valence-corrected chi connectivity index (χ1v) is 9.19. The summed E-state index contributed by atoms with van der Waals surface area (Å²) >= 11 is 5.86. The number of Topliss-reactive ketones (excluding diaryl/α,β-unsaturated/α-hetero) is 1. The van der Waals surface area contributed by atoms with Crippen molar-refractivity contribution in [2.24, 2.45) is 0 Å². The second-order valence-corrected chi connectivity index (χ2v) is 6.95. The van der Waals surface area contributed by atoms with E-state index in [1.165, 1.54) is 13.8 Å². The van der Waals surface area contributed by atoms with Crippen LogP contribution in [0.2, 0.25) is 5.02 Å². The van der Waals surface area contributed by atoms with Crippen molar-refractivity contribution in [3.05, 3.63) is 70.5 Å². The fourth-order valence-electron chi connectivity index (χ4n) is 2.78. The largest absolute Gasteiger partial charge is 0.324 e. The standard InChI is InChI=1S/C21H19ClN4O3/c1-12-10-18(13(2)27)25-26(12)20-9-4-15(11-19(20)23-14(3)28)21(29)24-17-7-5-16(22)6-8-17/h4-11H,1-3H3,(H,23,28)(H,24,29). The minimum absolute atomic E-state index is 0.160. The first-order valence-electron chi connectivity index (χ1n) is 8.81. The van der Waals surface area contributed by atoms with E-state index in [1.54, 1.807) is 60.1 Å². The average Bonchev–Trinajstić information content (AvgIpc) is 3.05. The number of ketones is 1. The van der Waals surface area contributed by atoms with Gasteiger partial charge in [0.1, 0.15) is 5.69 Å². The van der Waals surface area contributed by atoms with Crippen LogP contribution in [0.15, 0.2) is 48.5 Å². The van der Waals surface area contributed by atoms with Crippen molar-refractivity contribution in [3.8, 4) is 5.69 Å². The van der Waals surface area contributed by atoms with Crippen molar-refractivity contribution < 1.29 is 14.4 Å². The molecule has 0 fully saturated rings. The van der Waals surface area contributed by atoms with E-state index in [0.29, 0.717) is 33.3 Å². The van der Waals surface area contributed by atoms with E-state index in [2.05, 4.69) is 15.7 Å². The van der Waals surface area contributed by atoms with Crippen molar-refractivity contribution in [2.75, 3.05) is 10.6 Å². The molecule has 0 saturated heterocycles. The second-order valence-electron chi connectivity index (χ2n) is 6.51. The molecule has 2 aromatic carbocycles. The number of carbonyl (C=O) groups is 3. The highest BCUT2D eigenvalue weighted by Crippen LogP contribution is 2.25. The molecule has 0 unspecified atom stereocenters. The lowest BCUT2D eigenvalue weighted by molar-refractivity contribution is -0.114. The molecule has 0 aliphatic heterocycles. The Morgan fingerprint density at radius 1 is 0.966 bits per heavy atom. The molecule has 1 aromatic heterocycles. The summed E-state index contributed by atoms with van der Waals surface area (Å²) in [5.41, 5.74) is 2.94. The average molecular weight is 411 g/mol. The molecular formula is C21H19ClN4O3. The monoisotopic (exact) mass is 410 g/mol. The number of anilines is 2. The Morgan fingerprint density at radius 2 is 1.66 bits per heavy atom. The number of hydrogen-bond donors (Lipinski definition) is 2. The van der Waals surface area contributed by atoms with Crippen LogP contribution in [-0.2, 0) is 4.79 Å². The smallest absolute Gasteiger partial charge is 0.255 e. The maximum absolute atomic E-state index is 12.6. The maximum Gasteiger partial charge on any atom is 0.255 e. The van der Waals surface area contributed by atoms with Gasteiger partial charge in [-0.2, -0.15) is 5.10 Å². The van der Waals surface area contributed by atoms with Crippen molar-refractivity contribution in [3.63, 3.8) is 0 Å². The molecule has 0 aliphatic carbocycles. The van der Waals surface area contributed by atoms with Crippen LogP contribution in [0.25, 0.3) is 5.69 Å². The van der Waals surface area contributed by atoms with Crippen LogP contribution < -0.4 is 10.6 Å². The first-order chi connectivity index (χ1) is 13.7. The highest BCUT2D eigenvalue weighted by Gasteiger charge is 2.16. The molecule has 2 amide bonds. The minimum atomic E-state index is -0.341. The van der Waals surface area contributed by atoms with E-state index in [-0.39, 0.29) is 17.6 Å². The third-order valence-electron chi connectivity index (χ3n) is 4.15. The SMILES string of the molecule is CC(=O)Nc1cc(C(=O)Nc2ccc(Cl)cc2)ccc1-n1nc(C(C)=O)cc1C. The summed E-state index contributed by atoms with van der Waals surface area (Å²) < 4.78 is 1.56. The van der Waals surface area contributed by atoms with Gasteiger partial charge < -0.3 is 10.6 Å². The Balaban J connectivity index is 1.97. The molecule has 0 radical (unpaired) electrons. The van der Waals surface area contributed by atoms with E-state index in [0.717, 1.165) is 5.69 Å². The van der Waals surface area contributed by atoms with Gasteiger partial charge in [0.05, 0.1) is 11.4 Å². The lowest BCUT2D eigenvalue weighted by atomic mass is 10.1. The molecule has 29 heavy (non-hydrogen) atoms. The Labute approximate surface area is 172 Å². The quantitative estimate of drug-likeness (QED) is 0.615. The fraction of sp³-hybridized carbons (Fsp3) is 0.143. The van der Waals surface area contributed by atoms with E-state index < -0.39 is 0 Å². The Bertz CT molecular complexity index is 1100. The molecule has 0 saturated carbocycles. The third kappa shape index (κ3) is 4.70. The number of amides is 2. The summed E-state index contributed by atoms with van der Waals surface area (Å²) in [5.74, 6) is -0.794. The van der Waals surface area contributed by atoms with Crippen molar-refractivity contribution in [1.82, 2.24) is 9.78 Å². The lowest BCUT2D eigenvalue weighted by Crippen LogP contribution is -2.15. The highest BCUT2D eigenvalue weighted by molar-refractivity contribution is 6.30. The molecule has 0 spiro atoms. The molecule has 1 heterocycles. The van der Waals surface area contributed by atoms with Gasteiger partial charge in [-0.3, -0.25) is 14.4 Å². The number of aryl methyl sites for hydroxylation is 1. The van der Waals surface area contributed by atoms with Gasteiger partial charge in [0.2, 0.25) is 5.91 Å². The summed E-state index contributed by atoms with van der Waals surface area (Å²) in [6.45, 7) is 4.62. The lowest BCUT2D eigenvalue weighted by Gasteiger charge is -2.14. The number of nitrogens with zero attached hydrogens (tertiary/aromatic N) is 2. The second kappa shape index (κ2) is 8.28. The first kappa shape index (κ1) is 20.3. The van der Waals surface area contributed by atoms with Gasteiger partial charge >= 0.3 is 0 Å². The number of rotatable bonds is 5. The van der Waals surface area contributed by atoms with Crippen LogP contribution in [0.1, 0.15) is 40.4 Å².